The molecule has 0 aliphatic carbocycles. The minimum absolute atomic E-state index is 0.0586. The van der Waals surface area contributed by atoms with E-state index in [2.05, 4.69) is 15.2 Å². The number of likely N-dealkylation sites (tertiary alicyclic amines) is 1. The molecule has 1 amide bonds. The number of amides is 1. The molecular formula is C17H20N6O. The van der Waals surface area contributed by atoms with E-state index < -0.39 is 0 Å². The highest BCUT2D eigenvalue weighted by Gasteiger charge is 2.27. The molecule has 1 aliphatic rings. The smallest absolute Gasteiger partial charge is 0.272 e. The summed E-state index contributed by atoms with van der Waals surface area (Å²) in [5.74, 6) is 0.452. The second-order valence-corrected chi connectivity index (χ2v) is 6.33. The zero-order valence-electron chi connectivity index (χ0n) is 13.9. The molecule has 1 aliphatic heterocycles. The Morgan fingerprint density at radius 3 is 2.71 bits per heavy atom. The minimum atomic E-state index is 0.0586. The predicted octanol–water partition coefficient (Wildman–Crippen LogP) is 1.79. The summed E-state index contributed by atoms with van der Waals surface area (Å²) >= 11 is 0. The first-order chi connectivity index (χ1) is 11.6. The highest BCUT2D eigenvalue weighted by atomic mass is 16.2. The molecule has 0 bridgehead atoms. The van der Waals surface area contributed by atoms with Gasteiger partial charge in [-0.3, -0.25) is 9.48 Å². The number of rotatable bonds is 2. The van der Waals surface area contributed by atoms with Crippen LogP contribution < -0.4 is 0 Å². The molecule has 124 valence electrons. The Morgan fingerprint density at radius 2 is 2.00 bits per heavy atom. The summed E-state index contributed by atoms with van der Waals surface area (Å²) in [6.07, 6.45) is 5.37. The average molecular weight is 324 g/mol. The maximum absolute atomic E-state index is 12.6. The quantitative estimate of drug-likeness (QED) is 0.721. The van der Waals surface area contributed by atoms with E-state index >= 15 is 0 Å². The van der Waals surface area contributed by atoms with Crippen molar-refractivity contribution in [2.45, 2.75) is 25.7 Å². The van der Waals surface area contributed by atoms with Crippen molar-refractivity contribution in [2.24, 2.45) is 7.05 Å². The molecule has 4 heterocycles. The molecular weight excluding hydrogens is 304 g/mol. The van der Waals surface area contributed by atoms with Crippen LogP contribution in [0.5, 0.6) is 0 Å². The minimum Gasteiger partial charge on any atom is -0.337 e. The van der Waals surface area contributed by atoms with Gasteiger partial charge in [-0.2, -0.15) is 10.2 Å². The van der Waals surface area contributed by atoms with Crippen LogP contribution in [0.1, 0.15) is 40.6 Å². The monoisotopic (exact) mass is 324 g/mol. The Bertz CT molecular complexity index is 888. The molecule has 0 saturated carbocycles. The fourth-order valence-electron chi connectivity index (χ4n) is 3.46. The number of hydrogen-bond donors (Lipinski definition) is 0. The van der Waals surface area contributed by atoms with Crippen LogP contribution in [0.3, 0.4) is 0 Å². The van der Waals surface area contributed by atoms with E-state index in [1.165, 1.54) is 5.69 Å². The van der Waals surface area contributed by atoms with Crippen molar-refractivity contribution in [3.8, 4) is 0 Å². The van der Waals surface area contributed by atoms with E-state index in [1.54, 1.807) is 24.0 Å². The molecule has 7 nitrogen and oxygen atoms in total. The third-order valence-corrected chi connectivity index (χ3v) is 4.75. The molecule has 1 fully saturated rings. The summed E-state index contributed by atoms with van der Waals surface area (Å²) in [5, 5.41) is 8.64. The van der Waals surface area contributed by atoms with E-state index in [0.29, 0.717) is 11.6 Å². The van der Waals surface area contributed by atoms with E-state index in [0.717, 1.165) is 37.3 Å². The Morgan fingerprint density at radius 1 is 1.21 bits per heavy atom. The van der Waals surface area contributed by atoms with E-state index in [4.69, 9.17) is 0 Å². The lowest BCUT2D eigenvalue weighted by Crippen LogP contribution is -2.39. The fourth-order valence-corrected chi connectivity index (χ4v) is 3.46. The van der Waals surface area contributed by atoms with Crippen LogP contribution in [-0.2, 0) is 7.05 Å². The number of carbonyl (C=O) groups is 1. The van der Waals surface area contributed by atoms with Crippen LogP contribution in [0.4, 0.5) is 0 Å². The van der Waals surface area contributed by atoms with E-state index in [1.807, 2.05) is 34.7 Å². The molecule has 7 heteroatoms. The Kier molecular flexibility index (Phi) is 3.55. The number of fused-ring (bicyclic) bond motifs is 1. The molecule has 24 heavy (non-hydrogen) atoms. The van der Waals surface area contributed by atoms with Gasteiger partial charge < -0.3 is 4.90 Å². The van der Waals surface area contributed by atoms with Crippen LogP contribution in [0.25, 0.3) is 5.65 Å². The van der Waals surface area contributed by atoms with Gasteiger partial charge in [-0.15, -0.1) is 0 Å². The topological polar surface area (TPSA) is 68.3 Å². The number of carbonyl (C=O) groups excluding carboxylic acids is 1. The molecule has 0 spiro atoms. The fraction of sp³-hybridized carbons (Fsp3) is 0.412. The molecule has 1 saturated heterocycles. The summed E-state index contributed by atoms with van der Waals surface area (Å²) in [4.78, 5) is 18.9. The maximum Gasteiger partial charge on any atom is 0.272 e. The predicted molar refractivity (Wildman–Crippen MR) is 88.8 cm³/mol. The van der Waals surface area contributed by atoms with Gasteiger partial charge in [-0.25, -0.2) is 9.50 Å². The molecule has 0 aromatic carbocycles. The third-order valence-electron chi connectivity index (χ3n) is 4.75. The normalized spacial score (nSPS) is 16.0. The number of hydrogen-bond acceptors (Lipinski definition) is 4. The van der Waals surface area contributed by atoms with Gasteiger partial charge in [0.25, 0.3) is 5.91 Å². The van der Waals surface area contributed by atoms with Crippen LogP contribution in [0, 0.1) is 6.92 Å². The molecule has 0 atom stereocenters. The second-order valence-electron chi connectivity index (χ2n) is 6.33. The van der Waals surface area contributed by atoms with Crippen molar-refractivity contribution in [1.29, 1.82) is 0 Å². The van der Waals surface area contributed by atoms with E-state index in [-0.39, 0.29) is 5.91 Å². The molecule has 3 aromatic rings. The van der Waals surface area contributed by atoms with Crippen LogP contribution >= 0.6 is 0 Å². The zero-order valence-corrected chi connectivity index (χ0v) is 13.9. The lowest BCUT2D eigenvalue weighted by Gasteiger charge is -2.32. The molecule has 0 unspecified atom stereocenters. The van der Waals surface area contributed by atoms with Crippen molar-refractivity contribution in [3.05, 3.63) is 47.7 Å². The summed E-state index contributed by atoms with van der Waals surface area (Å²) < 4.78 is 3.58. The largest absolute Gasteiger partial charge is 0.337 e. The summed E-state index contributed by atoms with van der Waals surface area (Å²) in [6.45, 7) is 3.48. The first kappa shape index (κ1) is 14.9. The molecule has 0 radical (unpaired) electrons. The molecule has 4 rings (SSSR count). The third kappa shape index (κ3) is 2.46. The lowest BCUT2D eigenvalue weighted by atomic mass is 9.93. The first-order valence-corrected chi connectivity index (χ1v) is 8.22. The van der Waals surface area contributed by atoms with Crippen molar-refractivity contribution >= 4 is 11.6 Å². The highest BCUT2D eigenvalue weighted by Crippen LogP contribution is 2.28. The molecule has 0 N–H and O–H groups in total. The van der Waals surface area contributed by atoms with Gasteiger partial charge in [0, 0.05) is 50.2 Å². The van der Waals surface area contributed by atoms with Crippen molar-refractivity contribution in [2.75, 3.05) is 13.1 Å². The summed E-state index contributed by atoms with van der Waals surface area (Å²) in [6, 6.07) is 5.81. The van der Waals surface area contributed by atoms with Crippen LogP contribution in [0.15, 0.2) is 30.6 Å². The first-order valence-electron chi connectivity index (χ1n) is 8.22. The summed E-state index contributed by atoms with van der Waals surface area (Å²) in [7, 11) is 1.80. The zero-order chi connectivity index (χ0) is 16.7. The van der Waals surface area contributed by atoms with Gasteiger partial charge >= 0.3 is 0 Å². The number of piperidine rings is 1. The van der Waals surface area contributed by atoms with Gasteiger partial charge in [0.2, 0.25) is 0 Å². The molecule has 3 aromatic heterocycles. The maximum atomic E-state index is 12.6. The van der Waals surface area contributed by atoms with Crippen molar-refractivity contribution in [1.82, 2.24) is 29.3 Å². The van der Waals surface area contributed by atoms with E-state index in [9.17, 15) is 4.79 Å². The Hall–Kier alpha value is -2.70. The Labute approximate surface area is 139 Å². The summed E-state index contributed by atoms with van der Waals surface area (Å²) in [5.41, 5.74) is 3.68. The van der Waals surface area contributed by atoms with Gasteiger partial charge in [-0.05, 0) is 31.9 Å². The van der Waals surface area contributed by atoms with Crippen LogP contribution in [0.2, 0.25) is 0 Å². The van der Waals surface area contributed by atoms with Gasteiger partial charge in [-0.1, -0.05) is 0 Å². The second kappa shape index (κ2) is 5.74. The average Bonchev–Trinajstić information content (AvgIpc) is 3.18. The Balaban J connectivity index is 1.51. The lowest BCUT2D eigenvalue weighted by molar-refractivity contribution is 0.0700. The van der Waals surface area contributed by atoms with Crippen molar-refractivity contribution in [3.63, 3.8) is 0 Å². The number of nitrogens with zero attached hydrogens (tertiary/aromatic N) is 6. The number of aromatic nitrogens is 5. The highest BCUT2D eigenvalue weighted by molar-refractivity contribution is 5.92. The van der Waals surface area contributed by atoms with Gasteiger partial charge in [0.05, 0.1) is 5.69 Å². The van der Waals surface area contributed by atoms with Gasteiger partial charge in [0.1, 0.15) is 5.69 Å². The standard InChI is InChI=1S/C17H20N6O/c1-12-11-16-18-7-3-14(23(16)20-12)13-5-9-22(10-6-13)17(24)15-4-8-19-21(15)2/h3-4,7-8,11,13H,5-6,9-10H2,1-2H3. The SMILES string of the molecule is Cc1cc2nccc(C3CCN(C(=O)c4ccnn4C)CC3)n2n1. The van der Waals surface area contributed by atoms with Crippen molar-refractivity contribution < 1.29 is 4.79 Å². The number of aryl methyl sites for hydroxylation is 2. The van der Waals surface area contributed by atoms with Gasteiger partial charge in [0.15, 0.2) is 5.65 Å². The van der Waals surface area contributed by atoms with Crippen LogP contribution in [-0.4, -0.2) is 48.3 Å².